The number of pyridine rings is 1. The minimum atomic E-state index is -3.15. The highest BCUT2D eigenvalue weighted by atomic mass is 32.2. The summed E-state index contributed by atoms with van der Waals surface area (Å²) < 4.78 is 23.4. The van der Waals surface area contributed by atoms with E-state index in [0.717, 1.165) is 12.0 Å². The Morgan fingerprint density at radius 3 is 2.40 bits per heavy atom. The molecule has 1 spiro atoms. The van der Waals surface area contributed by atoms with E-state index < -0.39 is 9.84 Å². The highest BCUT2D eigenvalue weighted by Crippen LogP contribution is 2.59. The maximum Gasteiger partial charge on any atom is 0.175 e. The zero-order valence-electron chi connectivity index (χ0n) is 14.5. The number of sulfone groups is 1. The summed E-state index contributed by atoms with van der Waals surface area (Å²) in [6.45, 7) is 0. The lowest BCUT2D eigenvalue weighted by atomic mass is 9.72. The van der Waals surface area contributed by atoms with E-state index in [1.54, 1.807) is 12.1 Å². The predicted molar refractivity (Wildman–Crippen MR) is 100 cm³/mol. The SMILES string of the molecule is CS(=O)(=O)c1ccc(C2=CC(c3cccnc3)C3(CCCC3)C2)cc1. The first-order chi connectivity index (χ1) is 12.0. The van der Waals surface area contributed by atoms with Crippen molar-refractivity contribution >= 4 is 15.4 Å². The molecule has 2 aromatic rings. The number of benzene rings is 1. The zero-order chi connectivity index (χ0) is 17.5. The van der Waals surface area contributed by atoms with Crippen LogP contribution in [0.5, 0.6) is 0 Å². The van der Waals surface area contributed by atoms with Crippen molar-refractivity contribution in [1.82, 2.24) is 4.98 Å². The molecule has 1 fully saturated rings. The summed E-state index contributed by atoms with van der Waals surface area (Å²) in [5.74, 6) is 0.410. The third-order valence-electron chi connectivity index (χ3n) is 5.87. The number of nitrogens with zero attached hydrogens (tertiary/aromatic N) is 1. The van der Waals surface area contributed by atoms with E-state index in [0.29, 0.717) is 16.2 Å². The smallest absolute Gasteiger partial charge is 0.175 e. The lowest BCUT2D eigenvalue weighted by Gasteiger charge is -2.31. The van der Waals surface area contributed by atoms with E-state index in [1.807, 2.05) is 30.6 Å². The van der Waals surface area contributed by atoms with Crippen molar-refractivity contribution in [2.24, 2.45) is 5.41 Å². The lowest BCUT2D eigenvalue weighted by Crippen LogP contribution is -2.20. The molecular formula is C21H23NO2S. The minimum absolute atomic E-state index is 0.313. The average Bonchev–Trinajstić information content (AvgIpc) is 3.23. The summed E-state index contributed by atoms with van der Waals surface area (Å²) in [5.41, 5.74) is 4.10. The largest absolute Gasteiger partial charge is 0.264 e. The normalized spacial score (nSPS) is 22.3. The van der Waals surface area contributed by atoms with Crippen LogP contribution in [-0.2, 0) is 9.84 Å². The van der Waals surface area contributed by atoms with Crippen LogP contribution in [0.3, 0.4) is 0 Å². The van der Waals surface area contributed by atoms with E-state index in [4.69, 9.17) is 0 Å². The van der Waals surface area contributed by atoms with Gasteiger partial charge >= 0.3 is 0 Å². The van der Waals surface area contributed by atoms with Crippen molar-refractivity contribution in [2.45, 2.75) is 42.9 Å². The quantitative estimate of drug-likeness (QED) is 0.809. The molecule has 0 amide bonds. The molecule has 4 rings (SSSR count). The van der Waals surface area contributed by atoms with Crippen molar-refractivity contribution in [2.75, 3.05) is 6.26 Å². The Kier molecular flexibility index (Phi) is 4.03. The number of hydrogen-bond acceptors (Lipinski definition) is 3. The Hall–Kier alpha value is -1.94. The summed E-state index contributed by atoms with van der Waals surface area (Å²) >= 11 is 0. The van der Waals surface area contributed by atoms with E-state index in [9.17, 15) is 8.42 Å². The van der Waals surface area contributed by atoms with Crippen LogP contribution in [0.25, 0.3) is 5.57 Å². The summed E-state index contributed by atoms with van der Waals surface area (Å²) in [7, 11) is -3.15. The molecule has 4 heteroatoms. The summed E-state index contributed by atoms with van der Waals surface area (Å²) in [6, 6.07) is 11.6. The van der Waals surface area contributed by atoms with Crippen LogP contribution >= 0.6 is 0 Å². The van der Waals surface area contributed by atoms with E-state index >= 15 is 0 Å². The van der Waals surface area contributed by atoms with Gasteiger partial charge in [-0.05, 0) is 59.6 Å². The molecule has 1 aromatic carbocycles. The van der Waals surface area contributed by atoms with Gasteiger partial charge in [0.05, 0.1) is 4.90 Å². The van der Waals surface area contributed by atoms with Gasteiger partial charge < -0.3 is 0 Å². The molecule has 0 bridgehead atoms. The maximum atomic E-state index is 11.7. The molecule has 25 heavy (non-hydrogen) atoms. The van der Waals surface area contributed by atoms with E-state index in [1.165, 1.54) is 43.1 Å². The van der Waals surface area contributed by atoms with Gasteiger partial charge in [0.2, 0.25) is 0 Å². The number of rotatable bonds is 3. The second-order valence-electron chi connectivity index (χ2n) is 7.50. The van der Waals surface area contributed by atoms with Crippen molar-refractivity contribution < 1.29 is 8.42 Å². The Morgan fingerprint density at radius 2 is 1.80 bits per heavy atom. The van der Waals surface area contributed by atoms with E-state index in [2.05, 4.69) is 17.1 Å². The van der Waals surface area contributed by atoms with Crippen LogP contribution in [0.2, 0.25) is 0 Å². The Labute approximate surface area is 149 Å². The van der Waals surface area contributed by atoms with Crippen molar-refractivity contribution in [1.29, 1.82) is 0 Å². The average molecular weight is 353 g/mol. The fourth-order valence-corrected chi connectivity index (χ4v) is 5.25. The first kappa shape index (κ1) is 16.5. The standard InChI is InChI=1S/C21H23NO2S/c1-25(23,24)19-8-6-16(7-9-19)18-13-20(17-5-4-12-22-15-17)21(14-18)10-2-3-11-21/h4-9,12-13,15,20H,2-3,10-11,14H2,1H3. The third kappa shape index (κ3) is 3.04. The van der Waals surface area contributed by atoms with Crippen LogP contribution in [0.4, 0.5) is 0 Å². The van der Waals surface area contributed by atoms with Crippen LogP contribution in [-0.4, -0.2) is 19.7 Å². The topological polar surface area (TPSA) is 47.0 Å². The highest BCUT2D eigenvalue weighted by molar-refractivity contribution is 7.90. The van der Waals surface area contributed by atoms with Crippen LogP contribution in [0.15, 0.2) is 59.8 Å². The Bertz CT molecular complexity index is 893. The van der Waals surface area contributed by atoms with Gasteiger partial charge in [0.15, 0.2) is 9.84 Å². The third-order valence-corrected chi connectivity index (χ3v) is 6.99. The van der Waals surface area contributed by atoms with Gasteiger partial charge in [-0.3, -0.25) is 4.98 Å². The second kappa shape index (κ2) is 6.10. The molecule has 1 saturated carbocycles. The summed E-state index contributed by atoms with van der Waals surface area (Å²) in [5, 5.41) is 0. The maximum absolute atomic E-state index is 11.7. The molecular weight excluding hydrogens is 330 g/mol. The molecule has 2 aliphatic carbocycles. The molecule has 1 unspecified atom stereocenters. The second-order valence-corrected chi connectivity index (χ2v) is 9.51. The molecule has 130 valence electrons. The van der Waals surface area contributed by atoms with E-state index in [-0.39, 0.29) is 0 Å². The minimum Gasteiger partial charge on any atom is -0.264 e. The molecule has 0 N–H and O–H groups in total. The lowest BCUT2D eigenvalue weighted by molar-refractivity contribution is 0.286. The van der Waals surface area contributed by atoms with Crippen molar-refractivity contribution in [3.05, 3.63) is 66.0 Å². The highest BCUT2D eigenvalue weighted by Gasteiger charge is 2.45. The van der Waals surface area contributed by atoms with Crippen LogP contribution < -0.4 is 0 Å². The van der Waals surface area contributed by atoms with Crippen molar-refractivity contribution in [3.8, 4) is 0 Å². The van der Waals surface area contributed by atoms with Crippen LogP contribution in [0, 0.1) is 5.41 Å². The zero-order valence-corrected chi connectivity index (χ0v) is 15.3. The fourth-order valence-electron chi connectivity index (χ4n) is 4.62. The molecule has 3 nitrogen and oxygen atoms in total. The first-order valence-electron chi connectivity index (χ1n) is 8.89. The molecule has 1 atom stereocenters. The van der Waals surface area contributed by atoms with Gasteiger partial charge in [-0.15, -0.1) is 0 Å². The molecule has 1 aromatic heterocycles. The first-order valence-corrected chi connectivity index (χ1v) is 10.8. The fraction of sp³-hybridized carbons (Fsp3) is 0.381. The van der Waals surface area contributed by atoms with Gasteiger partial charge in [0.1, 0.15) is 0 Å². The number of aromatic nitrogens is 1. The Balaban J connectivity index is 1.71. The van der Waals surface area contributed by atoms with Gasteiger partial charge in [-0.2, -0.15) is 0 Å². The Morgan fingerprint density at radius 1 is 1.08 bits per heavy atom. The molecule has 0 radical (unpaired) electrons. The van der Waals surface area contributed by atoms with Gasteiger partial charge in [0, 0.05) is 24.6 Å². The van der Waals surface area contributed by atoms with Crippen molar-refractivity contribution in [3.63, 3.8) is 0 Å². The van der Waals surface area contributed by atoms with Gasteiger partial charge in [0.25, 0.3) is 0 Å². The van der Waals surface area contributed by atoms with Crippen LogP contribution in [0.1, 0.15) is 49.1 Å². The summed E-state index contributed by atoms with van der Waals surface area (Å²) in [6.07, 6.45) is 13.7. The van der Waals surface area contributed by atoms with Gasteiger partial charge in [-0.1, -0.05) is 37.1 Å². The monoisotopic (exact) mass is 353 g/mol. The molecule has 0 aliphatic heterocycles. The summed E-state index contributed by atoms with van der Waals surface area (Å²) in [4.78, 5) is 4.71. The van der Waals surface area contributed by atoms with Gasteiger partial charge in [-0.25, -0.2) is 8.42 Å². The number of allylic oxidation sites excluding steroid dienone is 2. The predicted octanol–water partition coefficient (Wildman–Crippen LogP) is 4.62. The molecule has 1 heterocycles. The number of hydrogen-bond donors (Lipinski definition) is 0. The molecule has 2 aliphatic rings. The molecule has 0 saturated heterocycles.